The molecule has 0 N–H and O–H groups in total. The first kappa shape index (κ1) is 15.0. The molecule has 1 aromatic heterocycles. The molecule has 0 fully saturated rings. The molecule has 1 heterocycles. The Morgan fingerprint density at radius 2 is 2.05 bits per heavy atom. The number of carbonyl (C=O) groups is 2. The average Bonchev–Trinajstić information content (AvgIpc) is 2.95. The third-order valence-electron chi connectivity index (χ3n) is 3.24. The highest BCUT2D eigenvalue weighted by Gasteiger charge is 2.19. The minimum Gasteiger partial charge on any atom is -0.461 e. The standard InChI is InChI=1S/C16H18N2O3/c1-4-12-7-6-8-13(11(3)19)15(12)18-10-17-9-14(18)16(20)21-5-2/h6-10H,4-5H2,1-3H3. The van der Waals surface area contributed by atoms with Crippen LogP contribution in [0.4, 0.5) is 0 Å². The molecule has 1 aromatic carbocycles. The third kappa shape index (κ3) is 2.86. The fraction of sp³-hybridized carbons (Fsp3) is 0.312. The van der Waals surface area contributed by atoms with Gasteiger partial charge in [-0.3, -0.25) is 9.36 Å². The summed E-state index contributed by atoms with van der Waals surface area (Å²) in [5.41, 5.74) is 2.57. The third-order valence-corrected chi connectivity index (χ3v) is 3.24. The number of aromatic nitrogens is 2. The molecule has 0 bridgehead atoms. The van der Waals surface area contributed by atoms with Crippen molar-refractivity contribution in [1.29, 1.82) is 0 Å². The van der Waals surface area contributed by atoms with Gasteiger partial charge in [0.05, 0.1) is 24.8 Å². The summed E-state index contributed by atoms with van der Waals surface area (Å²) in [4.78, 5) is 27.9. The van der Waals surface area contributed by atoms with Crippen molar-refractivity contribution in [3.63, 3.8) is 0 Å². The number of Topliss-reactive ketones (excluding diaryl/α,β-unsaturated/α-hetero) is 1. The highest BCUT2D eigenvalue weighted by Crippen LogP contribution is 2.23. The van der Waals surface area contributed by atoms with E-state index in [1.54, 1.807) is 17.6 Å². The lowest BCUT2D eigenvalue weighted by atomic mass is 10.0. The Kier molecular flexibility index (Phi) is 4.52. The Balaban J connectivity index is 2.65. The monoisotopic (exact) mass is 286 g/mol. The van der Waals surface area contributed by atoms with Gasteiger partial charge in [-0.05, 0) is 31.9 Å². The van der Waals surface area contributed by atoms with Crippen molar-refractivity contribution in [1.82, 2.24) is 9.55 Å². The second-order valence-corrected chi connectivity index (χ2v) is 4.59. The lowest BCUT2D eigenvalue weighted by Gasteiger charge is -2.15. The highest BCUT2D eigenvalue weighted by molar-refractivity contribution is 5.99. The van der Waals surface area contributed by atoms with Crippen LogP contribution in [0.2, 0.25) is 0 Å². The molecule has 0 amide bonds. The summed E-state index contributed by atoms with van der Waals surface area (Å²) in [6, 6.07) is 5.54. The van der Waals surface area contributed by atoms with E-state index in [1.807, 2.05) is 19.1 Å². The molecule has 2 aromatic rings. The van der Waals surface area contributed by atoms with Gasteiger partial charge in [0.1, 0.15) is 0 Å². The van der Waals surface area contributed by atoms with Crippen LogP contribution < -0.4 is 0 Å². The van der Waals surface area contributed by atoms with Gasteiger partial charge in [-0.1, -0.05) is 19.1 Å². The van der Waals surface area contributed by atoms with Gasteiger partial charge in [-0.25, -0.2) is 9.78 Å². The zero-order valence-electron chi connectivity index (χ0n) is 12.4. The van der Waals surface area contributed by atoms with Crippen LogP contribution in [0.5, 0.6) is 0 Å². The van der Waals surface area contributed by atoms with Crippen LogP contribution in [0.15, 0.2) is 30.7 Å². The lowest BCUT2D eigenvalue weighted by Crippen LogP contribution is -2.14. The SMILES string of the molecule is CCOC(=O)c1cncn1-c1c(CC)cccc1C(C)=O. The summed E-state index contributed by atoms with van der Waals surface area (Å²) in [6.07, 6.45) is 3.73. The van der Waals surface area contributed by atoms with Gasteiger partial charge >= 0.3 is 5.97 Å². The number of carbonyl (C=O) groups excluding carboxylic acids is 2. The Hall–Kier alpha value is -2.43. The van der Waals surface area contributed by atoms with Gasteiger partial charge in [0.25, 0.3) is 0 Å². The molecule has 2 rings (SSSR count). The Labute approximate surface area is 123 Å². The number of aryl methyl sites for hydroxylation is 1. The van der Waals surface area contributed by atoms with E-state index < -0.39 is 5.97 Å². The number of hydrogen-bond acceptors (Lipinski definition) is 4. The molecule has 0 aliphatic rings. The minimum absolute atomic E-state index is 0.0520. The second-order valence-electron chi connectivity index (χ2n) is 4.59. The van der Waals surface area contributed by atoms with Gasteiger partial charge < -0.3 is 4.74 Å². The number of nitrogens with zero attached hydrogens (tertiary/aromatic N) is 2. The molecule has 0 atom stereocenters. The van der Waals surface area contributed by atoms with E-state index in [2.05, 4.69) is 4.98 Å². The van der Waals surface area contributed by atoms with E-state index >= 15 is 0 Å². The molecule has 5 heteroatoms. The molecule has 110 valence electrons. The number of esters is 1. The van der Waals surface area contributed by atoms with Gasteiger partial charge in [0, 0.05) is 5.56 Å². The molecule has 21 heavy (non-hydrogen) atoms. The highest BCUT2D eigenvalue weighted by atomic mass is 16.5. The smallest absolute Gasteiger partial charge is 0.356 e. The van der Waals surface area contributed by atoms with E-state index in [0.29, 0.717) is 23.6 Å². The summed E-state index contributed by atoms with van der Waals surface area (Å²) < 4.78 is 6.67. The fourth-order valence-corrected chi connectivity index (χ4v) is 2.27. The van der Waals surface area contributed by atoms with Crippen molar-refractivity contribution in [2.75, 3.05) is 6.61 Å². The first-order valence-electron chi connectivity index (χ1n) is 6.92. The summed E-state index contributed by atoms with van der Waals surface area (Å²) in [5, 5.41) is 0. The predicted octanol–water partition coefficient (Wildman–Crippen LogP) is 2.81. The largest absolute Gasteiger partial charge is 0.461 e. The van der Waals surface area contributed by atoms with E-state index in [0.717, 1.165) is 12.0 Å². The zero-order valence-corrected chi connectivity index (χ0v) is 12.4. The first-order valence-corrected chi connectivity index (χ1v) is 6.92. The van der Waals surface area contributed by atoms with Gasteiger partial charge in [-0.15, -0.1) is 0 Å². The number of hydrogen-bond donors (Lipinski definition) is 0. The van der Waals surface area contributed by atoms with Crippen LogP contribution >= 0.6 is 0 Å². The summed E-state index contributed by atoms with van der Waals surface area (Å²) in [6.45, 7) is 5.56. The van der Waals surface area contributed by atoms with Crippen LogP contribution in [0.3, 0.4) is 0 Å². The van der Waals surface area contributed by atoms with Crippen LogP contribution in [0, 0.1) is 0 Å². The summed E-state index contributed by atoms with van der Waals surface area (Å²) in [7, 11) is 0. The van der Waals surface area contributed by atoms with E-state index in [4.69, 9.17) is 4.74 Å². The number of para-hydroxylation sites is 1. The van der Waals surface area contributed by atoms with Crippen molar-refractivity contribution >= 4 is 11.8 Å². The summed E-state index contributed by atoms with van der Waals surface area (Å²) in [5.74, 6) is -0.501. The predicted molar refractivity (Wildman–Crippen MR) is 78.9 cm³/mol. The summed E-state index contributed by atoms with van der Waals surface area (Å²) >= 11 is 0. The molecule has 0 saturated heterocycles. The van der Waals surface area contributed by atoms with Crippen LogP contribution in [0.25, 0.3) is 5.69 Å². The zero-order chi connectivity index (χ0) is 15.4. The molecule has 0 spiro atoms. The van der Waals surface area contributed by atoms with Gasteiger partial charge in [0.15, 0.2) is 11.5 Å². The molecule has 5 nitrogen and oxygen atoms in total. The van der Waals surface area contributed by atoms with Crippen molar-refractivity contribution < 1.29 is 14.3 Å². The van der Waals surface area contributed by atoms with Gasteiger partial charge in [0.2, 0.25) is 0 Å². The Morgan fingerprint density at radius 3 is 2.67 bits per heavy atom. The number of benzene rings is 1. The first-order chi connectivity index (χ1) is 10.1. The van der Waals surface area contributed by atoms with Crippen LogP contribution in [-0.4, -0.2) is 27.9 Å². The van der Waals surface area contributed by atoms with E-state index in [-0.39, 0.29) is 5.78 Å². The molecule has 0 radical (unpaired) electrons. The normalized spacial score (nSPS) is 10.4. The Morgan fingerprint density at radius 1 is 1.29 bits per heavy atom. The van der Waals surface area contributed by atoms with Crippen molar-refractivity contribution in [3.8, 4) is 5.69 Å². The quantitative estimate of drug-likeness (QED) is 0.626. The van der Waals surface area contributed by atoms with E-state index in [9.17, 15) is 9.59 Å². The van der Waals surface area contributed by atoms with Crippen LogP contribution in [0.1, 0.15) is 47.2 Å². The average molecular weight is 286 g/mol. The second kappa shape index (κ2) is 6.35. The number of rotatable bonds is 5. The number of ether oxygens (including phenoxy) is 1. The van der Waals surface area contributed by atoms with Crippen LogP contribution in [-0.2, 0) is 11.2 Å². The molecule has 0 unspecified atom stereocenters. The topological polar surface area (TPSA) is 61.2 Å². The molecular formula is C16H18N2O3. The maximum atomic E-state index is 12.0. The molecule has 0 aliphatic heterocycles. The Bertz CT molecular complexity index is 674. The van der Waals surface area contributed by atoms with Crippen molar-refractivity contribution in [2.45, 2.75) is 27.2 Å². The van der Waals surface area contributed by atoms with Gasteiger partial charge in [-0.2, -0.15) is 0 Å². The molecular weight excluding hydrogens is 268 g/mol. The van der Waals surface area contributed by atoms with Crippen molar-refractivity contribution in [3.05, 3.63) is 47.5 Å². The maximum absolute atomic E-state index is 12.0. The number of ketones is 1. The molecule has 0 aliphatic carbocycles. The fourth-order valence-electron chi connectivity index (χ4n) is 2.27. The minimum atomic E-state index is -0.449. The molecule has 0 saturated carbocycles. The lowest BCUT2D eigenvalue weighted by molar-refractivity contribution is 0.0516. The maximum Gasteiger partial charge on any atom is 0.356 e. The van der Waals surface area contributed by atoms with E-state index in [1.165, 1.54) is 19.4 Å². The number of imidazole rings is 1. The van der Waals surface area contributed by atoms with Crippen molar-refractivity contribution in [2.24, 2.45) is 0 Å².